The smallest absolute Gasteiger partial charge is 0.294 e. The van der Waals surface area contributed by atoms with Crippen LogP contribution in [-0.2, 0) is 16.1 Å². The van der Waals surface area contributed by atoms with Gasteiger partial charge in [0.2, 0.25) is 5.91 Å². The van der Waals surface area contributed by atoms with E-state index in [0.717, 1.165) is 5.56 Å². The third kappa shape index (κ3) is 4.17. The van der Waals surface area contributed by atoms with Gasteiger partial charge in [0.25, 0.3) is 5.56 Å². The number of hydrogen-bond acceptors (Lipinski definition) is 5. The molecule has 0 aliphatic carbocycles. The van der Waals surface area contributed by atoms with E-state index in [9.17, 15) is 9.59 Å². The highest BCUT2D eigenvalue weighted by Gasteiger charge is 2.24. The number of carbonyl (C=O) groups is 1. The zero-order valence-corrected chi connectivity index (χ0v) is 17.4. The maximum absolute atomic E-state index is 13.4. The highest BCUT2D eigenvalue weighted by molar-refractivity contribution is 6.30. The third-order valence-electron chi connectivity index (χ3n) is 5.24. The van der Waals surface area contributed by atoms with E-state index in [2.05, 4.69) is 10.3 Å². The van der Waals surface area contributed by atoms with Crippen molar-refractivity contribution in [1.82, 2.24) is 14.9 Å². The molecule has 30 heavy (non-hydrogen) atoms. The number of aromatic nitrogens is 2. The van der Waals surface area contributed by atoms with Crippen LogP contribution in [0.5, 0.6) is 0 Å². The molecular formula is C22H23ClN4O3. The second kappa shape index (κ2) is 8.85. The summed E-state index contributed by atoms with van der Waals surface area (Å²) in [6.07, 6.45) is 0. The van der Waals surface area contributed by atoms with Crippen LogP contribution in [0.3, 0.4) is 0 Å². The molecule has 0 spiro atoms. The predicted molar refractivity (Wildman–Crippen MR) is 117 cm³/mol. The van der Waals surface area contributed by atoms with Crippen LogP contribution in [0.25, 0.3) is 11.0 Å². The third-order valence-corrected chi connectivity index (χ3v) is 5.49. The van der Waals surface area contributed by atoms with E-state index in [4.69, 9.17) is 16.3 Å². The van der Waals surface area contributed by atoms with E-state index in [1.54, 1.807) is 19.1 Å². The molecule has 4 rings (SSSR count). The number of carbonyl (C=O) groups excluding carboxylic acids is 1. The molecule has 1 saturated heterocycles. The molecule has 1 N–H and O–H groups in total. The Hall–Kier alpha value is -2.90. The lowest BCUT2D eigenvalue weighted by atomic mass is 10.2. The first-order chi connectivity index (χ1) is 14.5. The number of nitrogens with one attached hydrogen (secondary N) is 1. The zero-order chi connectivity index (χ0) is 21.1. The topological polar surface area (TPSA) is 76.5 Å². The molecule has 2 heterocycles. The molecule has 1 atom stereocenters. The van der Waals surface area contributed by atoms with Gasteiger partial charge in [0.05, 0.1) is 24.2 Å². The van der Waals surface area contributed by atoms with Crippen molar-refractivity contribution in [2.75, 3.05) is 31.2 Å². The Morgan fingerprint density at radius 1 is 1.17 bits per heavy atom. The Balaban J connectivity index is 1.65. The molecule has 7 nitrogen and oxygen atoms in total. The molecule has 0 radical (unpaired) electrons. The number of para-hydroxylation sites is 2. The minimum atomic E-state index is -0.697. The van der Waals surface area contributed by atoms with Crippen molar-refractivity contribution >= 4 is 34.4 Å². The first kappa shape index (κ1) is 20.4. The lowest BCUT2D eigenvalue weighted by molar-refractivity contribution is -0.124. The van der Waals surface area contributed by atoms with Crippen molar-refractivity contribution in [3.63, 3.8) is 0 Å². The maximum Gasteiger partial charge on any atom is 0.294 e. The molecule has 8 heteroatoms. The number of anilines is 1. The first-order valence-corrected chi connectivity index (χ1v) is 10.3. The van der Waals surface area contributed by atoms with Crippen molar-refractivity contribution in [3.05, 3.63) is 69.5 Å². The normalized spacial score (nSPS) is 15.2. The summed E-state index contributed by atoms with van der Waals surface area (Å²) < 4.78 is 6.93. The van der Waals surface area contributed by atoms with Gasteiger partial charge < -0.3 is 15.0 Å². The number of ether oxygens (including phenoxy) is 1. The van der Waals surface area contributed by atoms with Gasteiger partial charge in [-0.25, -0.2) is 4.98 Å². The number of amides is 1. The molecule has 0 bridgehead atoms. The van der Waals surface area contributed by atoms with Crippen molar-refractivity contribution in [2.24, 2.45) is 0 Å². The van der Waals surface area contributed by atoms with Gasteiger partial charge in [-0.15, -0.1) is 0 Å². The Labute approximate surface area is 179 Å². The highest BCUT2D eigenvalue weighted by atomic mass is 35.5. The van der Waals surface area contributed by atoms with Crippen LogP contribution in [0.2, 0.25) is 5.02 Å². The molecule has 1 aliphatic rings. The van der Waals surface area contributed by atoms with Gasteiger partial charge in [0.15, 0.2) is 5.82 Å². The average Bonchev–Trinajstić information content (AvgIpc) is 2.78. The second-order valence-electron chi connectivity index (χ2n) is 7.22. The van der Waals surface area contributed by atoms with Gasteiger partial charge in [-0.2, -0.15) is 0 Å². The van der Waals surface area contributed by atoms with Crippen LogP contribution in [-0.4, -0.2) is 41.8 Å². The summed E-state index contributed by atoms with van der Waals surface area (Å²) in [6, 6.07) is 14.0. The van der Waals surface area contributed by atoms with Crippen LogP contribution in [0, 0.1) is 0 Å². The molecule has 0 unspecified atom stereocenters. The number of halogens is 1. The van der Waals surface area contributed by atoms with Gasteiger partial charge in [0, 0.05) is 24.7 Å². The van der Waals surface area contributed by atoms with Crippen molar-refractivity contribution < 1.29 is 9.53 Å². The molecule has 156 valence electrons. The highest BCUT2D eigenvalue weighted by Crippen LogP contribution is 2.19. The quantitative estimate of drug-likeness (QED) is 0.678. The number of rotatable bonds is 5. The van der Waals surface area contributed by atoms with Crippen LogP contribution < -0.4 is 15.8 Å². The Kier molecular flexibility index (Phi) is 6.01. The largest absolute Gasteiger partial charge is 0.378 e. The van der Waals surface area contributed by atoms with Gasteiger partial charge in [0.1, 0.15) is 6.04 Å². The molecule has 2 aromatic carbocycles. The number of nitrogens with zero attached hydrogens (tertiary/aromatic N) is 3. The molecule has 1 aliphatic heterocycles. The Morgan fingerprint density at radius 3 is 2.60 bits per heavy atom. The lowest BCUT2D eigenvalue weighted by Gasteiger charge is -2.28. The molecule has 3 aromatic rings. The minimum absolute atomic E-state index is 0.240. The van der Waals surface area contributed by atoms with Crippen LogP contribution >= 0.6 is 11.6 Å². The Bertz CT molecular complexity index is 1110. The zero-order valence-electron chi connectivity index (χ0n) is 16.7. The Morgan fingerprint density at radius 2 is 1.87 bits per heavy atom. The molecular weight excluding hydrogens is 404 g/mol. The van der Waals surface area contributed by atoms with Gasteiger partial charge in [-0.05, 0) is 36.8 Å². The summed E-state index contributed by atoms with van der Waals surface area (Å²) in [4.78, 5) is 32.8. The monoisotopic (exact) mass is 426 g/mol. The fourth-order valence-corrected chi connectivity index (χ4v) is 3.69. The SMILES string of the molecule is C[C@@H](C(=O)NCc1ccc(Cl)cc1)n1c(=O)c(N2CCOCC2)nc2ccccc21. The maximum atomic E-state index is 13.4. The van der Waals surface area contributed by atoms with Gasteiger partial charge >= 0.3 is 0 Å². The molecule has 1 amide bonds. The predicted octanol–water partition coefficient (Wildman–Crippen LogP) is 2.76. The molecule has 1 aromatic heterocycles. The fourth-order valence-electron chi connectivity index (χ4n) is 3.56. The summed E-state index contributed by atoms with van der Waals surface area (Å²) >= 11 is 5.91. The fraction of sp³-hybridized carbons (Fsp3) is 0.318. The van der Waals surface area contributed by atoms with E-state index < -0.39 is 6.04 Å². The van der Waals surface area contributed by atoms with Crippen LogP contribution in [0.15, 0.2) is 53.3 Å². The summed E-state index contributed by atoms with van der Waals surface area (Å²) in [5.41, 5.74) is 1.97. The van der Waals surface area contributed by atoms with E-state index in [0.29, 0.717) is 54.7 Å². The second-order valence-corrected chi connectivity index (χ2v) is 7.66. The van der Waals surface area contributed by atoms with Crippen molar-refractivity contribution in [1.29, 1.82) is 0 Å². The number of fused-ring (bicyclic) bond motifs is 1. The average molecular weight is 427 g/mol. The molecule has 1 fully saturated rings. The van der Waals surface area contributed by atoms with Crippen LogP contribution in [0.4, 0.5) is 5.82 Å². The van der Waals surface area contributed by atoms with Crippen molar-refractivity contribution in [2.45, 2.75) is 19.5 Å². The first-order valence-electron chi connectivity index (χ1n) is 9.91. The van der Waals surface area contributed by atoms with E-state index in [-0.39, 0.29) is 11.5 Å². The summed E-state index contributed by atoms with van der Waals surface area (Å²) in [6.45, 7) is 4.37. The van der Waals surface area contributed by atoms with E-state index in [1.165, 1.54) is 4.57 Å². The minimum Gasteiger partial charge on any atom is -0.378 e. The summed E-state index contributed by atoms with van der Waals surface area (Å²) in [5, 5.41) is 3.55. The van der Waals surface area contributed by atoms with Gasteiger partial charge in [-0.3, -0.25) is 14.2 Å². The molecule has 0 saturated carbocycles. The number of benzene rings is 2. The number of morpholine rings is 1. The van der Waals surface area contributed by atoms with E-state index >= 15 is 0 Å². The van der Waals surface area contributed by atoms with Gasteiger partial charge in [-0.1, -0.05) is 35.9 Å². The number of hydrogen-bond donors (Lipinski definition) is 1. The summed E-state index contributed by atoms with van der Waals surface area (Å²) in [7, 11) is 0. The van der Waals surface area contributed by atoms with Crippen LogP contribution in [0.1, 0.15) is 18.5 Å². The lowest BCUT2D eigenvalue weighted by Crippen LogP contribution is -2.43. The summed E-state index contributed by atoms with van der Waals surface area (Å²) in [5.74, 6) is 0.116. The van der Waals surface area contributed by atoms with E-state index in [1.807, 2.05) is 41.3 Å². The standard InChI is InChI=1S/C22H23ClN4O3/c1-15(21(28)24-14-16-6-8-17(23)9-7-16)27-19-5-3-2-4-18(19)25-20(22(27)29)26-10-12-30-13-11-26/h2-9,15H,10-14H2,1H3,(H,24,28)/t15-/m0/s1. The van der Waals surface area contributed by atoms with Crippen molar-refractivity contribution in [3.8, 4) is 0 Å².